The number of carboxylic acid groups (broad SMARTS) is 1. The highest BCUT2D eigenvalue weighted by Crippen LogP contribution is 2.21. The van der Waals surface area contributed by atoms with Crippen molar-refractivity contribution in [2.24, 2.45) is 0 Å². The first kappa shape index (κ1) is 19.0. The average molecular weight is 341 g/mol. The summed E-state index contributed by atoms with van der Waals surface area (Å²) in [6.07, 6.45) is 1.72. The predicted molar refractivity (Wildman–Crippen MR) is 99.9 cm³/mol. The summed E-state index contributed by atoms with van der Waals surface area (Å²) in [6.45, 7) is 3.77. The average Bonchev–Trinajstić information content (AvgIpc) is 2.62. The summed E-state index contributed by atoms with van der Waals surface area (Å²) in [4.78, 5) is 13.2. The lowest BCUT2D eigenvalue weighted by Gasteiger charge is -2.29. The summed E-state index contributed by atoms with van der Waals surface area (Å²) in [7, 11) is 1.69. The monoisotopic (exact) mass is 341 g/mol. The molecule has 0 aliphatic carbocycles. The zero-order chi connectivity index (χ0) is 18.1. The van der Waals surface area contributed by atoms with Gasteiger partial charge in [-0.1, -0.05) is 48.5 Å². The lowest BCUT2D eigenvalue weighted by atomic mass is 10.0. The van der Waals surface area contributed by atoms with Gasteiger partial charge in [-0.05, 0) is 43.5 Å². The summed E-state index contributed by atoms with van der Waals surface area (Å²) in [5.41, 5.74) is 2.42. The number of aliphatic carboxylic acids is 1. The minimum Gasteiger partial charge on any atom is -0.496 e. The molecule has 2 rings (SSSR count). The van der Waals surface area contributed by atoms with E-state index in [1.807, 2.05) is 36.4 Å². The molecule has 1 atom stereocenters. The van der Waals surface area contributed by atoms with Gasteiger partial charge in [0.15, 0.2) is 0 Å². The van der Waals surface area contributed by atoms with Crippen molar-refractivity contribution in [1.82, 2.24) is 4.90 Å². The summed E-state index contributed by atoms with van der Waals surface area (Å²) < 4.78 is 5.46. The topological polar surface area (TPSA) is 49.8 Å². The molecule has 4 nitrogen and oxygen atoms in total. The predicted octanol–water partition coefficient (Wildman–Crippen LogP) is 3.99. The van der Waals surface area contributed by atoms with Crippen molar-refractivity contribution < 1.29 is 14.6 Å². The van der Waals surface area contributed by atoms with E-state index in [1.165, 1.54) is 11.1 Å². The zero-order valence-corrected chi connectivity index (χ0v) is 15.0. The van der Waals surface area contributed by atoms with Gasteiger partial charge in [0.25, 0.3) is 0 Å². The molecule has 0 radical (unpaired) electrons. The van der Waals surface area contributed by atoms with Crippen molar-refractivity contribution in [1.29, 1.82) is 0 Å². The smallest absolute Gasteiger partial charge is 0.303 e. The van der Waals surface area contributed by atoms with E-state index in [2.05, 4.69) is 30.0 Å². The van der Waals surface area contributed by atoms with Crippen LogP contribution in [0.15, 0.2) is 54.6 Å². The van der Waals surface area contributed by atoms with Gasteiger partial charge in [-0.15, -0.1) is 0 Å². The minimum absolute atomic E-state index is 0.201. The molecule has 0 saturated carbocycles. The van der Waals surface area contributed by atoms with Crippen LogP contribution in [0.25, 0.3) is 0 Å². The normalized spacial score (nSPS) is 12.1. The summed E-state index contributed by atoms with van der Waals surface area (Å²) in [5.74, 6) is 0.164. The first-order chi connectivity index (χ1) is 12.1. The largest absolute Gasteiger partial charge is 0.496 e. The molecule has 0 aliphatic rings. The molecule has 0 heterocycles. The quantitative estimate of drug-likeness (QED) is 0.710. The third-order valence-electron chi connectivity index (χ3n) is 4.40. The lowest BCUT2D eigenvalue weighted by molar-refractivity contribution is -0.137. The molecule has 25 heavy (non-hydrogen) atoms. The number of para-hydroxylation sites is 1. The van der Waals surface area contributed by atoms with Crippen molar-refractivity contribution in [3.05, 3.63) is 65.7 Å². The van der Waals surface area contributed by atoms with E-state index < -0.39 is 5.97 Å². The second kappa shape index (κ2) is 9.84. The fourth-order valence-corrected chi connectivity index (χ4v) is 3.03. The molecule has 1 N–H and O–H groups in total. The summed E-state index contributed by atoms with van der Waals surface area (Å²) in [6, 6.07) is 18.7. The molecule has 4 heteroatoms. The highest BCUT2D eigenvalue weighted by molar-refractivity contribution is 5.66. The van der Waals surface area contributed by atoms with Gasteiger partial charge in [0.05, 0.1) is 7.11 Å². The second-order valence-electron chi connectivity index (χ2n) is 6.32. The zero-order valence-electron chi connectivity index (χ0n) is 15.0. The third kappa shape index (κ3) is 6.24. The van der Waals surface area contributed by atoms with Gasteiger partial charge in [0.1, 0.15) is 5.75 Å². The number of ether oxygens (including phenoxy) is 1. The van der Waals surface area contributed by atoms with Crippen LogP contribution in [0.1, 0.15) is 30.9 Å². The Bertz CT molecular complexity index is 657. The second-order valence-corrected chi connectivity index (χ2v) is 6.32. The van der Waals surface area contributed by atoms with Gasteiger partial charge in [0.2, 0.25) is 0 Å². The highest BCUT2D eigenvalue weighted by atomic mass is 16.5. The van der Waals surface area contributed by atoms with E-state index >= 15 is 0 Å². The maximum atomic E-state index is 10.8. The standard InChI is InChI=1S/C21H27NO3/c1-17(15-19-11-6-7-12-20(19)25-2)22(14-8-13-21(23)24)16-18-9-4-3-5-10-18/h3-7,9-12,17H,8,13-16H2,1-2H3,(H,23,24). The van der Waals surface area contributed by atoms with E-state index in [-0.39, 0.29) is 12.5 Å². The van der Waals surface area contributed by atoms with Crippen molar-refractivity contribution in [2.45, 2.75) is 38.8 Å². The molecule has 1 unspecified atom stereocenters. The number of benzene rings is 2. The molecule has 0 bridgehead atoms. The Hall–Kier alpha value is -2.33. The SMILES string of the molecule is COc1ccccc1CC(C)N(CCCC(=O)O)Cc1ccccc1. The van der Waals surface area contributed by atoms with E-state index in [9.17, 15) is 4.79 Å². The van der Waals surface area contributed by atoms with Crippen LogP contribution in [0.5, 0.6) is 5.75 Å². The number of hydrogen-bond acceptors (Lipinski definition) is 3. The van der Waals surface area contributed by atoms with Crippen LogP contribution in [-0.2, 0) is 17.8 Å². The Labute approximate surface area is 150 Å². The molecule has 2 aromatic carbocycles. The number of methoxy groups -OCH3 is 1. The van der Waals surface area contributed by atoms with Gasteiger partial charge in [-0.2, -0.15) is 0 Å². The maximum absolute atomic E-state index is 10.8. The van der Waals surface area contributed by atoms with Crippen molar-refractivity contribution in [3.63, 3.8) is 0 Å². The van der Waals surface area contributed by atoms with E-state index in [0.29, 0.717) is 6.42 Å². The molecule has 0 aromatic heterocycles. The van der Waals surface area contributed by atoms with Gasteiger partial charge in [-0.3, -0.25) is 9.69 Å². The fraction of sp³-hybridized carbons (Fsp3) is 0.381. The first-order valence-electron chi connectivity index (χ1n) is 8.72. The van der Waals surface area contributed by atoms with Crippen LogP contribution >= 0.6 is 0 Å². The van der Waals surface area contributed by atoms with Crippen LogP contribution in [0, 0.1) is 0 Å². The maximum Gasteiger partial charge on any atom is 0.303 e. The van der Waals surface area contributed by atoms with Gasteiger partial charge in [-0.25, -0.2) is 0 Å². The molecule has 0 fully saturated rings. The Morgan fingerprint density at radius 3 is 2.48 bits per heavy atom. The van der Waals surface area contributed by atoms with Crippen LogP contribution in [0.4, 0.5) is 0 Å². The lowest BCUT2D eigenvalue weighted by Crippen LogP contribution is -2.35. The Morgan fingerprint density at radius 2 is 1.80 bits per heavy atom. The Morgan fingerprint density at radius 1 is 1.12 bits per heavy atom. The molecule has 2 aromatic rings. The molecule has 134 valence electrons. The van der Waals surface area contributed by atoms with Crippen LogP contribution in [-0.4, -0.2) is 35.7 Å². The third-order valence-corrected chi connectivity index (χ3v) is 4.40. The van der Waals surface area contributed by atoms with E-state index in [0.717, 1.165) is 25.3 Å². The van der Waals surface area contributed by atoms with Crippen LogP contribution in [0.2, 0.25) is 0 Å². The molecular weight excluding hydrogens is 314 g/mol. The highest BCUT2D eigenvalue weighted by Gasteiger charge is 2.17. The van der Waals surface area contributed by atoms with Crippen molar-refractivity contribution in [2.75, 3.05) is 13.7 Å². The molecule has 0 amide bonds. The molecule has 0 saturated heterocycles. The molecule has 0 aliphatic heterocycles. The molecule has 0 spiro atoms. The molecular formula is C21H27NO3. The van der Waals surface area contributed by atoms with Gasteiger partial charge in [0, 0.05) is 19.0 Å². The number of hydrogen-bond donors (Lipinski definition) is 1. The van der Waals surface area contributed by atoms with Crippen LogP contribution in [0.3, 0.4) is 0 Å². The van der Waals surface area contributed by atoms with E-state index in [1.54, 1.807) is 7.11 Å². The fourth-order valence-electron chi connectivity index (χ4n) is 3.03. The Kier molecular flexibility index (Phi) is 7.48. The van der Waals surface area contributed by atoms with Gasteiger partial charge >= 0.3 is 5.97 Å². The van der Waals surface area contributed by atoms with Crippen LogP contribution < -0.4 is 4.74 Å². The number of nitrogens with zero attached hydrogens (tertiary/aromatic N) is 1. The number of carbonyl (C=O) groups is 1. The van der Waals surface area contributed by atoms with Gasteiger partial charge < -0.3 is 9.84 Å². The summed E-state index contributed by atoms with van der Waals surface area (Å²) in [5, 5.41) is 8.92. The summed E-state index contributed by atoms with van der Waals surface area (Å²) >= 11 is 0. The van der Waals surface area contributed by atoms with Crippen molar-refractivity contribution >= 4 is 5.97 Å². The van der Waals surface area contributed by atoms with E-state index in [4.69, 9.17) is 9.84 Å². The van der Waals surface area contributed by atoms with Crippen molar-refractivity contribution in [3.8, 4) is 5.75 Å². The minimum atomic E-state index is -0.739. The number of rotatable bonds is 10. The first-order valence-corrected chi connectivity index (χ1v) is 8.72. The Balaban J connectivity index is 2.07. The number of carboxylic acids is 1.